The Labute approximate surface area is 148 Å². The summed E-state index contributed by atoms with van der Waals surface area (Å²) in [6.45, 7) is 12.8. The number of hydrogen-bond donors (Lipinski definition) is 1. The highest BCUT2D eigenvalue weighted by molar-refractivity contribution is 5.45. The minimum Gasteiger partial charge on any atom is -0.383 e. The predicted octanol–water partition coefficient (Wildman–Crippen LogP) is 6.37. The van der Waals surface area contributed by atoms with Crippen molar-refractivity contribution in [1.29, 1.82) is 0 Å². The van der Waals surface area contributed by atoms with Gasteiger partial charge >= 0.3 is 0 Å². The van der Waals surface area contributed by atoms with Gasteiger partial charge in [0, 0.05) is 26.3 Å². The molecule has 0 aliphatic rings. The standard InChI is InChI=1S/C9H13N.C8H10FN.2C2H6/c1-8-4-6-9(7-5-8)10(2)3;1-2-10-8-6-4-3-5-7(8)9;2*1-2/h4-7H,1-3H3;3-6,10H,2H2,1H3;2*1-2H3. The highest BCUT2D eigenvalue weighted by Gasteiger charge is 1.95. The van der Waals surface area contributed by atoms with E-state index in [-0.39, 0.29) is 5.82 Å². The molecule has 0 spiro atoms. The first kappa shape index (κ1) is 24.2. The quantitative estimate of drug-likeness (QED) is 0.701. The smallest absolute Gasteiger partial charge is 0.146 e. The molecule has 1 N–H and O–H groups in total. The van der Waals surface area contributed by atoms with E-state index in [1.165, 1.54) is 17.3 Å². The van der Waals surface area contributed by atoms with E-state index in [9.17, 15) is 4.39 Å². The van der Waals surface area contributed by atoms with Crippen LogP contribution in [0.1, 0.15) is 40.2 Å². The van der Waals surface area contributed by atoms with Gasteiger partial charge in [-0.1, -0.05) is 57.5 Å². The summed E-state index contributed by atoms with van der Waals surface area (Å²) in [6.07, 6.45) is 0. The van der Waals surface area contributed by atoms with E-state index in [1.54, 1.807) is 18.2 Å². The molecule has 2 aromatic carbocycles. The zero-order valence-corrected chi connectivity index (χ0v) is 16.7. The number of nitrogens with one attached hydrogen (secondary N) is 1. The number of aryl methyl sites for hydroxylation is 1. The molecule has 0 aromatic heterocycles. The van der Waals surface area contributed by atoms with Gasteiger partial charge in [-0.15, -0.1) is 0 Å². The van der Waals surface area contributed by atoms with Gasteiger partial charge in [0.05, 0.1) is 5.69 Å². The summed E-state index contributed by atoms with van der Waals surface area (Å²) in [7, 11) is 4.09. The highest BCUT2D eigenvalue weighted by atomic mass is 19.1. The summed E-state index contributed by atoms with van der Waals surface area (Å²) in [5, 5.41) is 2.90. The van der Waals surface area contributed by atoms with Crippen LogP contribution in [-0.4, -0.2) is 20.6 Å². The average Bonchev–Trinajstić information content (AvgIpc) is 2.62. The second kappa shape index (κ2) is 15.9. The minimum atomic E-state index is -0.190. The van der Waals surface area contributed by atoms with Crippen molar-refractivity contribution in [2.24, 2.45) is 0 Å². The van der Waals surface area contributed by atoms with Gasteiger partial charge < -0.3 is 10.2 Å². The molecule has 136 valence electrons. The van der Waals surface area contributed by atoms with Gasteiger partial charge in [-0.3, -0.25) is 0 Å². The molecule has 2 aromatic rings. The normalized spacial score (nSPS) is 8.38. The summed E-state index contributed by atoms with van der Waals surface area (Å²) < 4.78 is 12.7. The molecule has 0 heterocycles. The largest absolute Gasteiger partial charge is 0.383 e. The second-order valence-electron chi connectivity index (χ2n) is 4.74. The van der Waals surface area contributed by atoms with Crippen LogP contribution in [0.3, 0.4) is 0 Å². The molecule has 0 amide bonds. The maximum absolute atomic E-state index is 12.7. The molecule has 0 unspecified atom stereocenters. The van der Waals surface area contributed by atoms with Gasteiger partial charge in [-0.2, -0.15) is 0 Å². The third kappa shape index (κ3) is 10.7. The molecule has 0 saturated carbocycles. The molecular weight excluding hydrogens is 299 g/mol. The lowest BCUT2D eigenvalue weighted by Gasteiger charge is -2.11. The Morgan fingerprint density at radius 2 is 1.38 bits per heavy atom. The number of hydrogen-bond acceptors (Lipinski definition) is 2. The molecule has 0 atom stereocenters. The van der Waals surface area contributed by atoms with Crippen molar-refractivity contribution >= 4 is 11.4 Å². The third-order valence-corrected chi connectivity index (χ3v) is 2.79. The van der Waals surface area contributed by atoms with E-state index in [0.29, 0.717) is 5.69 Å². The first-order valence-electron chi connectivity index (χ1n) is 8.77. The van der Waals surface area contributed by atoms with Crippen LogP contribution in [-0.2, 0) is 0 Å². The zero-order chi connectivity index (χ0) is 19.0. The Morgan fingerprint density at radius 3 is 1.79 bits per heavy atom. The maximum Gasteiger partial charge on any atom is 0.146 e. The first-order valence-corrected chi connectivity index (χ1v) is 8.77. The van der Waals surface area contributed by atoms with Gasteiger partial charge in [-0.05, 0) is 38.1 Å². The lowest BCUT2D eigenvalue weighted by Crippen LogP contribution is -2.07. The van der Waals surface area contributed by atoms with Crippen molar-refractivity contribution in [1.82, 2.24) is 0 Å². The maximum atomic E-state index is 12.7. The van der Waals surface area contributed by atoms with E-state index in [1.807, 2.05) is 48.7 Å². The molecule has 0 saturated heterocycles. The number of para-hydroxylation sites is 1. The van der Waals surface area contributed by atoms with Crippen molar-refractivity contribution < 1.29 is 4.39 Å². The Kier molecular flexibility index (Phi) is 16.0. The number of anilines is 2. The fraction of sp³-hybridized carbons (Fsp3) is 0.429. The van der Waals surface area contributed by atoms with E-state index in [0.717, 1.165) is 6.54 Å². The molecule has 0 radical (unpaired) electrons. The topological polar surface area (TPSA) is 15.3 Å². The van der Waals surface area contributed by atoms with Crippen LogP contribution in [0, 0.1) is 12.7 Å². The van der Waals surface area contributed by atoms with Gasteiger partial charge in [-0.25, -0.2) is 4.39 Å². The third-order valence-electron chi connectivity index (χ3n) is 2.79. The zero-order valence-electron chi connectivity index (χ0n) is 16.7. The van der Waals surface area contributed by atoms with E-state index in [2.05, 4.69) is 41.4 Å². The van der Waals surface area contributed by atoms with E-state index in [4.69, 9.17) is 0 Å². The van der Waals surface area contributed by atoms with Crippen molar-refractivity contribution in [3.8, 4) is 0 Å². The Morgan fingerprint density at radius 1 is 0.875 bits per heavy atom. The summed E-state index contributed by atoms with van der Waals surface area (Å²) in [5.74, 6) is -0.190. The van der Waals surface area contributed by atoms with Crippen LogP contribution >= 0.6 is 0 Å². The first-order chi connectivity index (χ1) is 11.5. The Balaban J connectivity index is 0. The van der Waals surface area contributed by atoms with Crippen molar-refractivity contribution in [2.45, 2.75) is 41.5 Å². The van der Waals surface area contributed by atoms with Crippen molar-refractivity contribution in [3.63, 3.8) is 0 Å². The summed E-state index contributed by atoms with van der Waals surface area (Å²) >= 11 is 0. The van der Waals surface area contributed by atoms with Crippen LogP contribution in [0.4, 0.5) is 15.8 Å². The van der Waals surface area contributed by atoms with Gasteiger partial charge in [0.15, 0.2) is 0 Å². The minimum absolute atomic E-state index is 0.190. The summed E-state index contributed by atoms with van der Waals surface area (Å²) in [4.78, 5) is 2.10. The van der Waals surface area contributed by atoms with Crippen LogP contribution in [0.15, 0.2) is 48.5 Å². The molecule has 0 aliphatic carbocycles. The number of benzene rings is 2. The molecule has 0 aliphatic heterocycles. The van der Waals surface area contributed by atoms with Gasteiger partial charge in [0.1, 0.15) is 5.82 Å². The van der Waals surface area contributed by atoms with E-state index < -0.39 is 0 Å². The van der Waals surface area contributed by atoms with E-state index >= 15 is 0 Å². The SMILES string of the molecule is CC.CC.CCNc1ccccc1F.Cc1ccc(N(C)C)cc1. The lowest BCUT2D eigenvalue weighted by molar-refractivity contribution is 0.630. The molecule has 3 heteroatoms. The summed E-state index contributed by atoms with van der Waals surface area (Å²) in [5.41, 5.74) is 3.14. The Bertz CT molecular complexity index is 508. The summed E-state index contributed by atoms with van der Waals surface area (Å²) in [6, 6.07) is 15.1. The molecule has 0 fully saturated rings. The molecule has 2 rings (SSSR count). The molecule has 2 nitrogen and oxygen atoms in total. The average molecular weight is 335 g/mol. The highest BCUT2D eigenvalue weighted by Crippen LogP contribution is 2.11. The van der Waals surface area contributed by atoms with Gasteiger partial charge in [0.2, 0.25) is 0 Å². The van der Waals surface area contributed by atoms with Crippen LogP contribution in [0.5, 0.6) is 0 Å². The van der Waals surface area contributed by atoms with Gasteiger partial charge in [0.25, 0.3) is 0 Å². The lowest BCUT2D eigenvalue weighted by atomic mass is 10.2. The molecule has 0 bridgehead atoms. The fourth-order valence-corrected chi connectivity index (χ4v) is 1.64. The number of nitrogens with zero attached hydrogens (tertiary/aromatic N) is 1. The fourth-order valence-electron chi connectivity index (χ4n) is 1.64. The predicted molar refractivity (Wildman–Crippen MR) is 109 cm³/mol. The van der Waals surface area contributed by atoms with Crippen LogP contribution in [0.25, 0.3) is 0 Å². The Hall–Kier alpha value is -2.03. The second-order valence-corrected chi connectivity index (χ2v) is 4.74. The molecule has 24 heavy (non-hydrogen) atoms. The monoisotopic (exact) mass is 334 g/mol. The number of halogens is 1. The molecular formula is C21H35FN2. The van der Waals surface area contributed by atoms with Crippen LogP contribution in [0.2, 0.25) is 0 Å². The van der Waals surface area contributed by atoms with Crippen molar-refractivity contribution in [2.75, 3.05) is 30.9 Å². The van der Waals surface area contributed by atoms with Crippen molar-refractivity contribution in [3.05, 3.63) is 59.9 Å². The van der Waals surface area contributed by atoms with Crippen LogP contribution < -0.4 is 10.2 Å². The number of rotatable bonds is 3.